The number of hydrogen-bond acceptors (Lipinski definition) is 2. The van der Waals surface area contributed by atoms with E-state index in [2.05, 4.69) is 263 Å². The van der Waals surface area contributed by atoms with Gasteiger partial charge in [-0.1, -0.05) is 181 Å². The topological polar surface area (TPSA) is 21.3 Å². The number of benzene rings is 12. The Balaban J connectivity index is 1.11. The monoisotopic (exact) mass is 972 g/mol. The molecule has 2 aromatic heterocycles. The van der Waals surface area contributed by atoms with Crippen LogP contribution in [0.15, 0.2) is 217 Å². The first-order valence-electron chi connectivity index (χ1n) is 26.9. The Morgan fingerprint density at radius 1 is 0.395 bits per heavy atom. The van der Waals surface area contributed by atoms with Crippen LogP contribution in [0.25, 0.3) is 120 Å². The largest absolute Gasteiger partial charge is 0.455 e. The zero-order valence-electron chi connectivity index (χ0n) is 43.6. The van der Waals surface area contributed by atoms with Crippen LogP contribution in [0.1, 0.15) is 52.7 Å². The standard InChI is InChI=1S/C72H53BN2O/c1-71(2,3)48-29-30-63-58(38-48)59-39-49(72(4,5)6)40-61-67-68-65(41-60-55-27-17-18-28-66(55)76-70(60)67)74(50-32-44(42-19-9-7-10-20-42)31-45(33-50)43-21-11-8-12-22-43)64-37-47-35-57-54-26-16-14-24-52(54)51-23-13-15-25-53(51)56(57)34-46(47)36-62(64)73(68)75(63)69(59)61/h7-41H,1-6H3. The number of aromatic nitrogens is 1. The lowest BCUT2D eigenvalue weighted by Gasteiger charge is -2.41. The molecule has 0 amide bonds. The highest BCUT2D eigenvalue weighted by Crippen LogP contribution is 2.52. The molecule has 0 spiro atoms. The second-order valence-corrected chi connectivity index (χ2v) is 23.7. The second-order valence-electron chi connectivity index (χ2n) is 23.7. The van der Waals surface area contributed by atoms with E-state index in [1.165, 1.54) is 132 Å². The van der Waals surface area contributed by atoms with Crippen molar-refractivity contribution in [2.24, 2.45) is 0 Å². The predicted molar refractivity (Wildman–Crippen MR) is 326 cm³/mol. The van der Waals surface area contributed by atoms with Gasteiger partial charge >= 0.3 is 6.85 Å². The minimum absolute atomic E-state index is 0.0359. The third-order valence-corrected chi connectivity index (χ3v) is 17.1. The third-order valence-electron chi connectivity index (χ3n) is 17.1. The van der Waals surface area contributed by atoms with Crippen molar-refractivity contribution in [2.75, 3.05) is 4.90 Å². The molecule has 0 aliphatic carbocycles. The quantitative estimate of drug-likeness (QED) is 0.0999. The molecular weight excluding hydrogens is 920 g/mol. The van der Waals surface area contributed by atoms with Gasteiger partial charge in [0.2, 0.25) is 0 Å². The van der Waals surface area contributed by atoms with Crippen LogP contribution in [0.2, 0.25) is 0 Å². The molecule has 2 aliphatic heterocycles. The Morgan fingerprint density at radius 2 is 0.947 bits per heavy atom. The van der Waals surface area contributed by atoms with Crippen LogP contribution in [-0.2, 0) is 10.8 Å². The smallest absolute Gasteiger partial charge is 0.333 e. The van der Waals surface area contributed by atoms with Gasteiger partial charge in [-0.25, -0.2) is 0 Å². The number of rotatable bonds is 3. The summed E-state index contributed by atoms with van der Waals surface area (Å²) in [4.78, 5) is 2.62. The minimum Gasteiger partial charge on any atom is -0.455 e. The van der Waals surface area contributed by atoms with Crippen LogP contribution in [0.3, 0.4) is 0 Å². The Hall–Kier alpha value is -8.86. The van der Waals surface area contributed by atoms with Crippen LogP contribution in [-0.4, -0.2) is 11.3 Å². The average Bonchev–Trinajstić information content (AvgIpc) is 4.11. The van der Waals surface area contributed by atoms with Crippen LogP contribution >= 0.6 is 0 Å². The number of fused-ring (bicyclic) bond motifs is 18. The summed E-state index contributed by atoms with van der Waals surface area (Å²) in [7, 11) is 0. The van der Waals surface area contributed by atoms with Crippen LogP contribution in [0.4, 0.5) is 17.1 Å². The molecule has 0 saturated carbocycles. The third kappa shape index (κ3) is 6.13. The van der Waals surface area contributed by atoms with Gasteiger partial charge in [-0.3, -0.25) is 0 Å². The summed E-state index contributed by atoms with van der Waals surface area (Å²) < 4.78 is 10.0. The number of anilines is 3. The highest BCUT2D eigenvalue weighted by Gasteiger charge is 2.45. The van der Waals surface area contributed by atoms with E-state index in [0.29, 0.717) is 0 Å². The van der Waals surface area contributed by atoms with E-state index in [1.54, 1.807) is 0 Å². The summed E-state index contributed by atoms with van der Waals surface area (Å²) in [5.41, 5.74) is 19.9. The molecule has 0 radical (unpaired) electrons. The van der Waals surface area contributed by atoms with Crippen LogP contribution in [0, 0.1) is 0 Å². The van der Waals surface area contributed by atoms with E-state index in [4.69, 9.17) is 4.42 Å². The highest BCUT2D eigenvalue weighted by molar-refractivity contribution is 6.90. The Morgan fingerprint density at radius 3 is 1.57 bits per heavy atom. The summed E-state index contributed by atoms with van der Waals surface area (Å²) in [6, 6.07) is 80.3. The molecule has 0 unspecified atom stereocenters. The van der Waals surface area contributed by atoms with Crippen molar-refractivity contribution in [2.45, 2.75) is 52.4 Å². The van der Waals surface area contributed by atoms with Gasteiger partial charge in [0.1, 0.15) is 11.2 Å². The molecule has 0 fully saturated rings. The molecule has 0 saturated heterocycles. The molecule has 4 heteroatoms. The Bertz CT molecular complexity index is 4780. The van der Waals surface area contributed by atoms with E-state index in [9.17, 15) is 0 Å². The number of hydrogen-bond donors (Lipinski definition) is 0. The van der Waals surface area contributed by atoms with Crippen molar-refractivity contribution in [1.82, 2.24) is 4.48 Å². The Kier molecular flexibility index (Phi) is 8.80. The van der Waals surface area contributed by atoms with Crippen LogP contribution in [0.5, 0.6) is 0 Å². The number of para-hydroxylation sites is 1. The van der Waals surface area contributed by atoms with Gasteiger partial charge in [0.05, 0.1) is 0 Å². The highest BCUT2D eigenvalue weighted by atomic mass is 16.3. The van der Waals surface area contributed by atoms with Crippen molar-refractivity contribution in [3.05, 3.63) is 223 Å². The maximum absolute atomic E-state index is 7.28. The zero-order valence-corrected chi connectivity index (χ0v) is 43.6. The first-order valence-corrected chi connectivity index (χ1v) is 26.9. The summed E-state index contributed by atoms with van der Waals surface area (Å²) in [6.45, 7) is 13.9. The normalized spacial score (nSPS) is 13.3. The van der Waals surface area contributed by atoms with E-state index in [-0.39, 0.29) is 17.7 Å². The summed E-state index contributed by atoms with van der Waals surface area (Å²) in [5, 5.41) is 14.9. The lowest BCUT2D eigenvalue weighted by Crippen LogP contribution is -2.56. The van der Waals surface area contributed by atoms with Gasteiger partial charge in [0, 0.05) is 60.8 Å². The molecule has 0 atom stereocenters. The zero-order chi connectivity index (χ0) is 50.9. The lowest BCUT2D eigenvalue weighted by molar-refractivity contribution is 0.590. The second kappa shape index (κ2) is 15.4. The molecule has 360 valence electrons. The average molecular weight is 973 g/mol. The molecular formula is C72H53BN2O. The fourth-order valence-corrected chi connectivity index (χ4v) is 13.4. The number of nitrogens with zero attached hydrogens (tertiary/aromatic N) is 2. The van der Waals surface area contributed by atoms with Gasteiger partial charge in [0.25, 0.3) is 0 Å². The van der Waals surface area contributed by atoms with Gasteiger partial charge in [-0.15, -0.1) is 0 Å². The molecule has 2 aliphatic rings. The SMILES string of the molecule is CC(C)(C)c1ccc2c(c1)c1cc(C(C)(C)C)cc3c1n2B1c2cc4cc5c6ccccc6c6ccccc6c5cc4cc2N(c2cc(-c4ccccc4)cc(-c4ccccc4)c2)c2cc4c(oc5ccccc54)c-3c21. The van der Waals surface area contributed by atoms with Gasteiger partial charge in [-0.05, 0) is 171 Å². The molecule has 0 bridgehead atoms. The summed E-state index contributed by atoms with van der Waals surface area (Å²) >= 11 is 0. The van der Waals surface area contributed by atoms with E-state index < -0.39 is 0 Å². The lowest BCUT2D eigenvalue weighted by atomic mass is 9.44. The van der Waals surface area contributed by atoms with Gasteiger partial charge < -0.3 is 13.8 Å². The Labute approximate surface area is 442 Å². The predicted octanol–water partition coefficient (Wildman–Crippen LogP) is 18.7. The molecule has 14 aromatic rings. The van der Waals surface area contributed by atoms with Crippen molar-refractivity contribution in [3.8, 4) is 33.4 Å². The molecule has 16 rings (SSSR count). The molecule has 4 heterocycles. The first-order chi connectivity index (χ1) is 36.9. The fraction of sp³-hybridized carbons (Fsp3) is 0.111. The molecule has 76 heavy (non-hydrogen) atoms. The minimum atomic E-state index is -0.193. The van der Waals surface area contributed by atoms with Crippen molar-refractivity contribution in [1.29, 1.82) is 0 Å². The van der Waals surface area contributed by atoms with Crippen molar-refractivity contribution in [3.63, 3.8) is 0 Å². The maximum atomic E-state index is 7.28. The molecule has 12 aromatic carbocycles. The van der Waals surface area contributed by atoms with E-state index in [1.807, 2.05) is 0 Å². The van der Waals surface area contributed by atoms with Crippen molar-refractivity contribution >= 4 is 122 Å². The van der Waals surface area contributed by atoms with Crippen molar-refractivity contribution < 1.29 is 4.42 Å². The first kappa shape index (κ1) is 43.5. The fourth-order valence-electron chi connectivity index (χ4n) is 13.4. The number of furan rings is 1. The maximum Gasteiger partial charge on any atom is 0.333 e. The molecule has 3 nitrogen and oxygen atoms in total. The van der Waals surface area contributed by atoms with E-state index >= 15 is 0 Å². The summed E-state index contributed by atoms with van der Waals surface area (Å²) in [6.07, 6.45) is 0. The van der Waals surface area contributed by atoms with Gasteiger partial charge in [0.15, 0.2) is 0 Å². The molecule has 0 N–H and O–H groups in total. The van der Waals surface area contributed by atoms with Crippen LogP contribution < -0.4 is 15.8 Å². The summed E-state index contributed by atoms with van der Waals surface area (Å²) in [5.74, 6) is 0. The van der Waals surface area contributed by atoms with Gasteiger partial charge in [-0.2, -0.15) is 0 Å². The van der Waals surface area contributed by atoms with E-state index in [0.717, 1.165) is 27.6 Å².